The van der Waals surface area contributed by atoms with Gasteiger partial charge in [0.2, 0.25) is 0 Å². The zero-order valence-electron chi connectivity index (χ0n) is 9.24. The van der Waals surface area contributed by atoms with E-state index in [0.29, 0.717) is 5.56 Å². The average molecular weight is 233 g/mol. The van der Waals surface area contributed by atoms with Gasteiger partial charge in [-0.25, -0.2) is 8.78 Å². The Hall–Kier alpha value is -1.74. The summed E-state index contributed by atoms with van der Waals surface area (Å²) in [6.07, 6.45) is 0. The Labute approximate surface area is 98.9 Å². The summed E-state index contributed by atoms with van der Waals surface area (Å²) in [5.41, 5.74) is 4.36. The molecule has 88 valence electrons. The molecule has 0 heterocycles. The van der Waals surface area contributed by atoms with E-state index >= 15 is 0 Å². The van der Waals surface area contributed by atoms with Crippen LogP contribution in [-0.4, -0.2) is 6.54 Å². The molecule has 0 aromatic heterocycles. The first kappa shape index (κ1) is 11.7. The van der Waals surface area contributed by atoms with E-state index in [2.05, 4.69) is 0 Å². The fourth-order valence-corrected chi connectivity index (χ4v) is 1.84. The maximum Gasteiger partial charge on any atom is 0.173 e. The van der Waals surface area contributed by atoms with Crippen LogP contribution in [0.3, 0.4) is 0 Å². The van der Waals surface area contributed by atoms with Gasteiger partial charge in [0.1, 0.15) is 5.82 Å². The van der Waals surface area contributed by atoms with Crippen molar-refractivity contribution >= 4 is 0 Å². The van der Waals surface area contributed by atoms with Crippen molar-refractivity contribution in [2.75, 3.05) is 6.54 Å². The fraction of sp³-hybridized carbons (Fsp3) is 0.143. The van der Waals surface area contributed by atoms with Gasteiger partial charge in [0.25, 0.3) is 0 Å². The topological polar surface area (TPSA) is 26.0 Å². The minimum absolute atomic E-state index is 0.222. The molecule has 0 amide bonds. The zero-order valence-corrected chi connectivity index (χ0v) is 9.24. The van der Waals surface area contributed by atoms with Crippen molar-refractivity contribution in [3.63, 3.8) is 0 Å². The molecule has 2 N–H and O–H groups in total. The molecular weight excluding hydrogens is 220 g/mol. The average Bonchev–Trinajstić information content (AvgIpc) is 2.39. The van der Waals surface area contributed by atoms with E-state index < -0.39 is 11.5 Å². The maximum absolute atomic E-state index is 14.9. The number of alkyl halides is 1. The number of benzene rings is 2. The summed E-state index contributed by atoms with van der Waals surface area (Å²) in [6.45, 7) is -0.222. The molecule has 0 saturated carbocycles. The van der Waals surface area contributed by atoms with Crippen LogP contribution in [0, 0.1) is 5.82 Å². The summed E-state index contributed by atoms with van der Waals surface area (Å²) in [7, 11) is 0. The van der Waals surface area contributed by atoms with Crippen LogP contribution >= 0.6 is 0 Å². The van der Waals surface area contributed by atoms with Gasteiger partial charge in [-0.1, -0.05) is 42.5 Å². The lowest BCUT2D eigenvalue weighted by Gasteiger charge is -2.24. The Morgan fingerprint density at radius 3 is 2.18 bits per heavy atom. The molecule has 0 aliphatic rings. The Balaban J connectivity index is 2.52. The molecule has 2 aromatic rings. The van der Waals surface area contributed by atoms with E-state index in [1.807, 2.05) is 0 Å². The van der Waals surface area contributed by atoms with Gasteiger partial charge in [-0.15, -0.1) is 0 Å². The third-order valence-corrected chi connectivity index (χ3v) is 2.79. The smallest absolute Gasteiger partial charge is 0.173 e. The molecule has 0 aliphatic carbocycles. The van der Waals surface area contributed by atoms with Crippen LogP contribution in [0.5, 0.6) is 0 Å². The maximum atomic E-state index is 14.9. The van der Waals surface area contributed by atoms with Crippen LogP contribution in [0.4, 0.5) is 8.78 Å². The molecule has 1 unspecified atom stereocenters. The normalized spacial score (nSPS) is 14.3. The Kier molecular flexibility index (Phi) is 3.20. The molecule has 17 heavy (non-hydrogen) atoms. The van der Waals surface area contributed by atoms with Crippen molar-refractivity contribution in [1.82, 2.24) is 0 Å². The molecule has 1 atom stereocenters. The molecule has 0 radical (unpaired) electrons. The summed E-state index contributed by atoms with van der Waals surface area (Å²) in [5, 5.41) is 0. The predicted octanol–water partition coefficient (Wildman–Crippen LogP) is 3.00. The van der Waals surface area contributed by atoms with Crippen molar-refractivity contribution in [2.45, 2.75) is 5.67 Å². The minimum Gasteiger partial charge on any atom is -0.327 e. The summed E-state index contributed by atoms with van der Waals surface area (Å²) < 4.78 is 28.0. The van der Waals surface area contributed by atoms with Crippen LogP contribution in [0.25, 0.3) is 0 Å². The van der Waals surface area contributed by atoms with Crippen molar-refractivity contribution in [3.8, 4) is 0 Å². The van der Waals surface area contributed by atoms with Gasteiger partial charge in [-0.3, -0.25) is 0 Å². The lowest BCUT2D eigenvalue weighted by atomic mass is 9.88. The first-order valence-corrected chi connectivity index (χ1v) is 5.37. The first-order chi connectivity index (χ1) is 8.16. The minimum atomic E-state index is -1.84. The van der Waals surface area contributed by atoms with E-state index in [0.717, 1.165) is 0 Å². The largest absolute Gasteiger partial charge is 0.327 e. The van der Waals surface area contributed by atoms with Crippen LogP contribution in [0.15, 0.2) is 54.6 Å². The highest BCUT2D eigenvalue weighted by molar-refractivity contribution is 5.36. The third kappa shape index (κ3) is 2.19. The van der Waals surface area contributed by atoms with E-state index in [-0.39, 0.29) is 12.1 Å². The summed E-state index contributed by atoms with van der Waals surface area (Å²) in [4.78, 5) is 0. The second-order valence-corrected chi connectivity index (χ2v) is 3.88. The van der Waals surface area contributed by atoms with Crippen LogP contribution in [0.2, 0.25) is 0 Å². The lowest BCUT2D eigenvalue weighted by molar-refractivity contribution is 0.232. The summed E-state index contributed by atoms with van der Waals surface area (Å²) in [5.74, 6) is -0.464. The Morgan fingerprint density at radius 2 is 1.59 bits per heavy atom. The van der Waals surface area contributed by atoms with Gasteiger partial charge in [0.05, 0.1) is 0 Å². The van der Waals surface area contributed by atoms with Crippen molar-refractivity contribution in [1.29, 1.82) is 0 Å². The van der Waals surface area contributed by atoms with Crippen molar-refractivity contribution in [3.05, 3.63) is 71.5 Å². The van der Waals surface area contributed by atoms with E-state index in [1.165, 1.54) is 18.2 Å². The predicted molar refractivity (Wildman–Crippen MR) is 63.8 cm³/mol. The third-order valence-electron chi connectivity index (χ3n) is 2.79. The molecule has 0 spiro atoms. The summed E-state index contributed by atoms with van der Waals surface area (Å²) in [6, 6.07) is 14.1. The Bertz CT molecular complexity index is 499. The van der Waals surface area contributed by atoms with Crippen LogP contribution < -0.4 is 5.73 Å². The summed E-state index contributed by atoms with van der Waals surface area (Å²) >= 11 is 0. The van der Waals surface area contributed by atoms with E-state index in [4.69, 9.17) is 5.73 Å². The molecule has 0 saturated heterocycles. The second kappa shape index (κ2) is 4.63. The molecule has 0 fully saturated rings. The number of hydrogen-bond donors (Lipinski definition) is 1. The van der Waals surface area contributed by atoms with Gasteiger partial charge < -0.3 is 5.73 Å². The zero-order chi connectivity index (χ0) is 12.3. The fourth-order valence-electron chi connectivity index (χ4n) is 1.84. The molecule has 0 bridgehead atoms. The standard InChI is InChI=1S/C14H13F2N/c15-13-8-4-7-12(9-13)14(16,10-17)11-5-2-1-3-6-11/h1-9H,10,17H2. The quantitative estimate of drug-likeness (QED) is 0.866. The van der Waals surface area contributed by atoms with Crippen LogP contribution in [0.1, 0.15) is 11.1 Å². The SMILES string of the molecule is NCC(F)(c1ccccc1)c1cccc(F)c1. The number of halogens is 2. The highest BCUT2D eigenvalue weighted by Gasteiger charge is 2.32. The Morgan fingerprint density at radius 1 is 0.941 bits per heavy atom. The molecule has 2 rings (SSSR count). The number of hydrogen-bond acceptors (Lipinski definition) is 1. The highest BCUT2D eigenvalue weighted by Crippen LogP contribution is 2.33. The molecule has 3 heteroatoms. The highest BCUT2D eigenvalue weighted by atomic mass is 19.1. The molecule has 1 nitrogen and oxygen atoms in total. The lowest BCUT2D eigenvalue weighted by Crippen LogP contribution is -2.31. The number of nitrogens with two attached hydrogens (primary N) is 1. The molecule has 2 aromatic carbocycles. The van der Waals surface area contributed by atoms with Crippen molar-refractivity contribution < 1.29 is 8.78 Å². The van der Waals surface area contributed by atoms with Gasteiger partial charge >= 0.3 is 0 Å². The number of rotatable bonds is 3. The van der Waals surface area contributed by atoms with E-state index in [1.54, 1.807) is 36.4 Å². The molecular formula is C14H13F2N. The van der Waals surface area contributed by atoms with Gasteiger partial charge in [-0.2, -0.15) is 0 Å². The first-order valence-electron chi connectivity index (χ1n) is 5.37. The van der Waals surface area contributed by atoms with Crippen molar-refractivity contribution in [2.24, 2.45) is 5.73 Å². The van der Waals surface area contributed by atoms with Gasteiger partial charge in [0.15, 0.2) is 5.67 Å². The van der Waals surface area contributed by atoms with Gasteiger partial charge in [0, 0.05) is 6.54 Å². The van der Waals surface area contributed by atoms with Crippen LogP contribution in [-0.2, 0) is 5.67 Å². The molecule has 0 aliphatic heterocycles. The monoisotopic (exact) mass is 233 g/mol. The van der Waals surface area contributed by atoms with Gasteiger partial charge in [-0.05, 0) is 23.3 Å². The van der Waals surface area contributed by atoms with E-state index in [9.17, 15) is 8.78 Å². The second-order valence-electron chi connectivity index (χ2n) is 3.88.